The molecular weight excluding hydrogens is 363 g/mol. The molecule has 0 amide bonds. The van der Waals surface area contributed by atoms with Gasteiger partial charge in [-0.25, -0.2) is 0 Å². The van der Waals surface area contributed by atoms with Crippen LogP contribution in [-0.2, 0) is 0 Å². The summed E-state index contributed by atoms with van der Waals surface area (Å²) in [7, 11) is 0. The van der Waals surface area contributed by atoms with E-state index in [2.05, 4.69) is 10.2 Å². The Hall–Kier alpha value is -2.14. The van der Waals surface area contributed by atoms with Crippen LogP contribution in [0.25, 0.3) is 20.9 Å². The summed E-state index contributed by atoms with van der Waals surface area (Å²) in [5, 5.41) is 23.1. The molecule has 3 nitrogen and oxygen atoms in total. The Morgan fingerprint density at radius 3 is 2.54 bits per heavy atom. The van der Waals surface area contributed by atoms with E-state index in [1.54, 1.807) is 18.2 Å². The lowest BCUT2D eigenvalue weighted by Crippen LogP contribution is -1.71. The fourth-order valence-corrected chi connectivity index (χ4v) is 4.03. The van der Waals surface area contributed by atoms with Crippen molar-refractivity contribution in [2.45, 2.75) is 0 Å². The van der Waals surface area contributed by atoms with Gasteiger partial charge in [0.15, 0.2) is 10.8 Å². The monoisotopic (exact) mass is 372 g/mol. The van der Waals surface area contributed by atoms with Crippen LogP contribution in [0.5, 0.6) is 5.75 Å². The maximum Gasteiger partial charge on any atom is 0.181 e. The van der Waals surface area contributed by atoms with Crippen LogP contribution in [-0.4, -0.2) is 5.11 Å². The first-order chi connectivity index (χ1) is 11.6. The average molecular weight is 373 g/mol. The van der Waals surface area contributed by atoms with E-state index in [1.165, 1.54) is 11.3 Å². The zero-order chi connectivity index (χ0) is 16.7. The first-order valence-corrected chi connectivity index (χ1v) is 8.71. The summed E-state index contributed by atoms with van der Waals surface area (Å²) in [6, 6.07) is 16.9. The van der Waals surface area contributed by atoms with Gasteiger partial charge in [-0.3, -0.25) is 0 Å². The second-order valence-corrected chi connectivity index (χ2v) is 7.06. The molecule has 0 spiro atoms. The number of hydrogen-bond donors (Lipinski definition) is 1. The lowest BCUT2D eigenvalue weighted by Gasteiger charge is -1.98. The number of aromatic hydroxyl groups is 1. The SMILES string of the molecule is Oc1c(N=Nc2ccc(Cl)cc2Cl)sc2c1ccc1ccccc12. The summed E-state index contributed by atoms with van der Waals surface area (Å²) in [6.07, 6.45) is 0. The Morgan fingerprint density at radius 1 is 0.875 bits per heavy atom. The molecule has 1 N–H and O–H groups in total. The highest BCUT2D eigenvalue weighted by Gasteiger charge is 2.13. The number of benzene rings is 3. The van der Waals surface area contributed by atoms with Gasteiger partial charge in [0, 0.05) is 15.1 Å². The van der Waals surface area contributed by atoms with Crippen LogP contribution in [0.15, 0.2) is 64.8 Å². The van der Waals surface area contributed by atoms with Gasteiger partial charge in [0.2, 0.25) is 0 Å². The molecule has 0 aliphatic rings. The summed E-state index contributed by atoms with van der Waals surface area (Å²) in [5.41, 5.74) is 0.503. The topological polar surface area (TPSA) is 45.0 Å². The summed E-state index contributed by atoms with van der Waals surface area (Å²) in [5.74, 6) is 0.134. The van der Waals surface area contributed by atoms with Crippen molar-refractivity contribution in [2.24, 2.45) is 10.2 Å². The summed E-state index contributed by atoms with van der Waals surface area (Å²) in [6.45, 7) is 0. The van der Waals surface area contributed by atoms with E-state index in [0.717, 1.165) is 20.9 Å². The highest BCUT2D eigenvalue weighted by molar-refractivity contribution is 7.24. The minimum atomic E-state index is 0.134. The Labute approximate surface area is 151 Å². The Morgan fingerprint density at radius 2 is 1.71 bits per heavy atom. The number of azo groups is 1. The van der Waals surface area contributed by atoms with Crippen LogP contribution in [0.4, 0.5) is 10.7 Å². The fourth-order valence-electron chi connectivity index (χ4n) is 2.53. The van der Waals surface area contributed by atoms with Crippen molar-refractivity contribution in [1.82, 2.24) is 0 Å². The Bertz CT molecular complexity index is 1110. The highest BCUT2D eigenvalue weighted by atomic mass is 35.5. The maximum absolute atomic E-state index is 10.4. The van der Waals surface area contributed by atoms with E-state index < -0.39 is 0 Å². The minimum absolute atomic E-state index is 0.134. The number of halogens is 2. The third kappa shape index (κ3) is 2.63. The first kappa shape index (κ1) is 15.4. The van der Waals surface area contributed by atoms with Crippen LogP contribution in [0.2, 0.25) is 10.0 Å². The smallest absolute Gasteiger partial charge is 0.181 e. The number of fused-ring (bicyclic) bond motifs is 3. The molecule has 0 bridgehead atoms. The van der Waals surface area contributed by atoms with Crippen molar-refractivity contribution in [3.8, 4) is 5.75 Å². The normalized spacial score (nSPS) is 11.8. The van der Waals surface area contributed by atoms with Crippen molar-refractivity contribution in [3.05, 3.63) is 64.6 Å². The van der Waals surface area contributed by atoms with Crippen LogP contribution in [0, 0.1) is 0 Å². The Kier molecular flexibility index (Phi) is 3.88. The third-order valence-electron chi connectivity index (χ3n) is 3.69. The predicted molar refractivity (Wildman–Crippen MR) is 102 cm³/mol. The van der Waals surface area contributed by atoms with Gasteiger partial charge in [-0.1, -0.05) is 53.5 Å². The molecule has 0 aliphatic heterocycles. The molecule has 1 heterocycles. The molecule has 0 unspecified atom stereocenters. The van der Waals surface area contributed by atoms with Crippen LogP contribution < -0.4 is 0 Å². The van der Waals surface area contributed by atoms with Crippen molar-refractivity contribution in [2.75, 3.05) is 0 Å². The fraction of sp³-hybridized carbons (Fsp3) is 0. The van der Waals surface area contributed by atoms with Crippen LogP contribution >= 0.6 is 34.5 Å². The molecule has 0 aliphatic carbocycles. The van der Waals surface area contributed by atoms with E-state index in [9.17, 15) is 5.11 Å². The molecule has 0 atom stereocenters. The van der Waals surface area contributed by atoms with Gasteiger partial charge in [-0.05, 0) is 35.0 Å². The number of rotatable bonds is 2. The quantitative estimate of drug-likeness (QED) is 0.364. The Balaban J connectivity index is 1.83. The zero-order valence-electron chi connectivity index (χ0n) is 12.2. The number of hydrogen-bond acceptors (Lipinski definition) is 4. The van der Waals surface area contributed by atoms with Gasteiger partial charge >= 0.3 is 0 Å². The molecule has 24 heavy (non-hydrogen) atoms. The zero-order valence-corrected chi connectivity index (χ0v) is 14.5. The molecule has 0 saturated heterocycles. The van der Waals surface area contributed by atoms with Crippen LogP contribution in [0.3, 0.4) is 0 Å². The summed E-state index contributed by atoms with van der Waals surface area (Å²) < 4.78 is 0.988. The summed E-state index contributed by atoms with van der Waals surface area (Å²) >= 11 is 13.4. The van der Waals surface area contributed by atoms with E-state index >= 15 is 0 Å². The number of nitrogens with zero attached hydrogens (tertiary/aromatic N) is 2. The molecule has 118 valence electrons. The maximum atomic E-state index is 10.4. The molecule has 1 aromatic heterocycles. The van der Waals surface area contributed by atoms with Crippen LogP contribution in [0.1, 0.15) is 0 Å². The lowest BCUT2D eigenvalue weighted by molar-refractivity contribution is 0.484. The molecule has 3 aromatic carbocycles. The second kappa shape index (κ2) is 6.06. The highest BCUT2D eigenvalue weighted by Crippen LogP contribution is 2.46. The van der Waals surface area contributed by atoms with Gasteiger partial charge in [0.25, 0.3) is 0 Å². The van der Waals surface area contributed by atoms with Crippen molar-refractivity contribution in [1.29, 1.82) is 0 Å². The van der Waals surface area contributed by atoms with E-state index in [0.29, 0.717) is 20.7 Å². The standard InChI is InChI=1S/C18H10Cl2N2OS/c19-11-6-8-15(14(20)9-11)21-22-18-16(23)13-7-5-10-3-1-2-4-12(10)17(13)24-18/h1-9,23H. The van der Waals surface area contributed by atoms with Gasteiger partial charge < -0.3 is 5.11 Å². The van der Waals surface area contributed by atoms with Gasteiger partial charge in [-0.2, -0.15) is 0 Å². The van der Waals surface area contributed by atoms with E-state index in [4.69, 9.17) is 23.2 Å². The molecule has 4 aromatic rings. The van der Waals surface area contributed by atoms with Gasteiger partial charge in [0.05, 0.1) is 5.02 Å². The van der Waals surface area contributed by atoms with Crippen molar-refractivity contribution >= 4 is 66.1 Å². The first-order valence-electron chi connectivity index (χ1n) is 7.13. The lowest BCUT2D eigenvalue weighted by atomic mass is 10.1. The summed E-state index contributed by atoms with van der Waals surface area (Å²) in [4.78, 5) is 0. The predicted octanol–water partition coefficient (Wildman–Crippen LogP) is 7.48. The van der Waals surface area contributed by atoms with E-state index in [1.807, 2.05) is 36.4 Å². The molecule has 0 saturated carbocycles. The van der Waals surface area contributed by atoms with Gasteiger partial charge in [0.1, 0.15) is 5.69 Å². The molecule has 0 fully saturated rings. The third-order valence-corrected chi connectivity index (χ3v) is 5.34. The molecule has 0 radical (unpaired) electrons. The minimum Gasteiger partial charge on any atom is -0.504 e. The molecule has 4 rings (SSSR count). The second-order valence-electron chi connectivity index (χ2n) is 5.21. The molecular formula is C18H10Cl2N2OS. The van der Waals surface area contributed by atoms with Gasteiger partial charge in [-0.15, -0.1) is 21.6 Å². The van der Waals surface area contributed by atoms with Crippen molar-refractivity contribution in [3.63, 3.8) is 0 Å². The van der Waals surface area contributed by atoms with Crippen molar-refractivity contribution < 1.29 is 5.11 Å². The molecule has 6 heteroatoms. The van der Waals surface area contributed by atoms with E-state index in [-0.39, 0.29) is 5.75 Å². The number of thiophene rings is 1. The largest absolute Gasteiger partial charge is 0.504 e. The average Bonchev–Trinajstić information content (AvgIpc) is 2.91.